The molecule has 0 aliphatic rings. The van der Waals surface area contributed by atoms with Crippen LogP contribution >= 0.6 is 0 Å². The third-order valence-electron chi connectivity index (χ3n) is 1.88. The van der Waals surface area contributed by atoms with E-state index in [9.17, 15) is 0 Å². The Kier molecular flexibility index (Phi) is 4.89. The van der Waals surface area contributed by atoms with E-state index in [4.69, 9.17) is 10.5 Å². The molecule has 0 amide bonds. The molecule has 17 heavy (non-hydrogen) atoms. The lowest BCUT2D eigenvalue weighted by atomic mass is 10.5. The molecule has 1 aromatic heterocycles. The fraction of sp³-hybridized carbons (Fsp3) is 0.700. The van der Waals surface area contributed by atoms with Crippen molar-refractivity contribution < 1.29 is 4.74 Å². The SMILES string of the molecule is CC(C)OCCNc1nc(N)nc(N(C)C)n1. The summed E-state index contributed by atoms with van der Waals surface area (Å²) in [6.07, 6.45) is 0.220. The molecule has 0 saturated carbocycles. The van der Waals surface area contributed by atoms with Crippen molar-refractivity contribution in [1.82, 2.24) is 15.0 Å². The van der Waals surface area contributed by atoms with E-state index >= 15 is 0 Å². The number of nitrogen functional groups attached to an aromatic ring is 1. The van der Waals surface area contributed by atoms with E-state index in [0.29, 0.717) is 25.0 Å². The maximum Gasteiger partial charge on any atom is 0.231 e. The van der Waals surface area contributed by atoms with Gasteiger partial charge in [0.1, 0.15) is 0 Å². The first kappa shape index (κ1) is 13.4. The van der Waals surface area contributed by atoms with Crippen LogP contribution in [0, 0.1) is 0 Å². The van der Waals surface area contributed by atoms with Gasteiger partial charge >= 0.3 is 0 Å². The van der Waals surface area contributed by atoms with Crippen molar-refractivity contribution in [3.63, 3.8) is 0 Å². The second-order valence-electron chi connectivity index (χ2n) is 4.06. The smallest absolute Gasteiger partial charge is 0.231 e. The molecule has 7 nitrogen and oxygen atoms in total. The van der Waals surface area contributed by atoms with Gasteiger partial charge in [-0.1, -0.05) is 0 Å². The van der Waals surface area contributed by atoms with Crippen molar-refractivity contribution in [2.45, 2.75) is 20.0 Å². The molecular formula is C10H20N6O. The second-order valence-corrected chi connectivity index (χ2v) is 4.06. The Hall–Kier alpha value is -1.63. The summed E-state index contributed by atoms with van der Waals surface area (Å²) >= 11 is 0. The first-order valence-electron chi connectivity index (χ1n) is 5.53. The Balaban J connectivity index is 2.53. The molecule has 96 valence electrons. The second kappa shape index (κ2) is 6.19. The van der Waals surface area contributed by atoms with Gasteiger partial charge in [-0.15, -0.1) is 0 Å². The van der Waals surface area contributed by atoms with E-state index in [-0.39, 0.29) is 12.1 Å². The van der Waals surface area contributed by atoms with Crippen molar-refractivity contribution in [2.75, 3.05) is 43.2 Å². The maximum absolute atomic E-state index is 5.59. The summed E-state index contributed by atoms with van der Waals surface area (Å²) in [4.78, 5) is 14.0. The molecule has 1 rings (SSSR count). The Morgan fingerprint density at radius 1 is 1.29 bits per heavy atom. The third-order valence-corrected chi connectivity index (χ3v) is 1.88. The van der Waals surface area contributed by atoms with Crippen molar-refractivity contribution >= 4 is 17.8 Å². The number of hydrogen-bond donors (Lipinski definition) is 2. The average molecular weight is 240 g/mol. The minimum absolute atomic E-state index is 0.205. The molecule has 7 heteroatoms. The van der Waals surface area contributed by atoms with Gasteiger partial charge in [-0.25, -0.2) is 0 Å². The standard InChI is InChI=1S/C10H20N6O/c1-7(2)17-6-5-12-9-13-8(11)14-10(15-9)16(3)4/h7H,5-6H2,1-4H3,(H3,11,12,13,14,15). The van der Waals surface area contributed by atoms with Crippen LogP contribution < -0.4 is 16.0 Å². The van der Waals surface area contributed by atoms with Gasteiger partial charge in [-0.3, -0.25) is 0 Å². The lowest BCUT2D eigenvalue weighted by molar-refractivity contribution is 0.0870. The zero-order chi connectivity index (χ0) is 12.8. The van der Waals surface area contributed by atoms with Gasteiger partial charge in [0.15, 0.2) is 0 Å². The highest BCUT2D eigenvalue weighted by Crippen LogP contribution is 2.08. The number of hydrogen-bond acceptors (Lipinski definition) is 7. The minimum atomic E-state index is 0.205. The van der Waals surface area contributed by atoms with Gasteiger partial charge in [0.25, 0.3) is 0 Å². The van der Waals surface area contributed by atoms with Crippen LogP contribution in [0.4, 0.5) is 17.8 Å². The van der Waals surface area contributed by atoms with Crippen LogP contribution in [-0.2, 0) is 4.74 Å². The summed E-state index contributed by atoms with van der Waals surface area (Å²) < 4.78 is 5.40. The van der Waals surface area contributed by atoms with Crippen molar-refractivity contribution in [3.05, 3.63) is 0 Å². The molecule has 0 aliphatic carbocycles. The van der Waals surface area contributed by atoms with Crippen LogP contribution in [0.25, 0.3) is 0 Å². The quantitative estimate of drug-likeness (QED) is 0.694. The summed E-state index contributed by atoms with van der Waals surface area (Å²) in [5.74, 6) is 1.20. The van der Waals surface area contributed by atoms with E-state index < -0.39 is 0 Å². The molecule has 0 spiro atoms. The number of aromatic nitrogens is 3. The lowest BCUT2D eigenvalue weighted by Gasteiger charge is -2.12. The van der Waals surface area contributed by atoms with Crippen LogP contribution in [0.15, 0.2) is 0 Å². The molecule has 0 aliphatic heterocycles. The van der Waals surface area contributed by atoms with Crippen LogP contribution in [-0.4, -0.2) is 48.3 Å². The first-order valence-corrected chi connectivity index (χ1v) is 5.53. The Bertz CT molecular complexity index is 355. The molecule has 0 fully saturated rings. The van der Waals surface area contributed by atoms with Gasteiger partial charge in [0, 0.05) is 20.6 Å². The molecule has 0 atom stereocenters. The van der Waals surface area contributed by atoms with Gasteiger partial charge in [0.05, 0.1) is 12.7 Å². The van der Waals surface area contributed by atoms with Crippen LogP contribution in [0.1, 0.15) is 13.8 Å². The van der Waals surface area contributed by atoms with E-state index in [1.165, 1.54) is 0 Å². The Morgan fingerprint density at radius 3 is 2.59 bits per heavy atom. The number of nitrogens with one attached hydrogen (secondary N) is 1. The highest BCUT2D eigenvalue weighted by atomic mass is 16.5. The fourth-order valence-electron chi connectivity index (χ4n) is 1.12. The molecule has 3 N–H and O–H groups in total. The van der Waals surface area contributed by atoms with Crippen LogP contribution in [0.3, 0.4) is 0 Å². The predicted molar refractivity (Wildman–Crippen MR) is 68.1 cm³/mol. The van der Waals surface area contributed by atoms with Crippen molar-refractivity contribution in [2.24, 2.45) is 0 Å². The monoisotopic (exact) mass is 240 g/mol. The normalized spacial score (nSPS) is 10.6. The maximum atomic E-state index is 5.59. The zero-order valence-corrected chi connectivity index (χ0v) is 10.8. The molecule has 1 heterocycles. The first-order chi connectivity index (χ1) is 7.99. The number of ether oxygens (including phenoxy) is 1. The van der Waals surface area contributed by atoms with Crippen LogP contribution in [0.2, 0.25) is 0 Å². The largest absolute Gasteiger partial charge is 0.377 e. The number of nitrogens with two attached hydrogens (primary N) is 1. The van der Waals surface area contributed by atoms with Crippen molar-refractivity contribution in [3.8, 4) is 0 Å². The van der Waals surface area contributed by atoms with Gasteiger partial charge in [-0.05, 0) is 13.8 Å². The molecule has 0 aromatic carbocycles. The molecule has 0 saturated heterocycles. The third kappa shape index (κ3) is 4.81. The van der Waals surface area contributed by atoms with Crippen LogP contribution in [0.5, 0.6) is 0 Å². The summed E-state index contributed by atoms with van der Waals surface area (Å²) in [6, 6.07) is 0. The zero-order valence-electron chi connectivity index (χ0n) is 10.8. The van der Waals surface area contributed by atoms with Gasteiger partial charge in [0.2, 0.25) is 17.8 Å². The fourth-order valence-corrected chi connectivity index (χ4v) is 1.12. The number of rotatable bonds is 6. The summed E-state index contributed by atoms with van der Waals surface area (Å²) in [5.41, 5.74) is 5.59. The molecule has 0 radical (unpaired) electrons. The van der Waals surface area contributed by atoms with Gasteiger partial charge < -0.3 is 20.7 Å². The van der Waals surface area contributed by atoms with E-state index in [1.54, 1.807) is 4.90 Å². The highest BCUT2D eigenvalue weighted by molar-refractivity contribution is 5.40. The number of nitrogens with zero attached hydrogens (tertiary/aromatic N) is 4. The van der Waals surface area contributed by atoms with Crippen molar-refractivity contribution in [1.29, 1.82) is 0 Å². The summed E-state index contributed by atoms with van der Waals surface area (Å²) in [7, 11) is 3.70. The highest BCUT2D eigenvalue weighted by Gasteiger charge is 2.05. The number of anilines is 3. The van der Waals surface area contributed by atoms with E-state index in [2.05, 4.69) is 20.3 Å². The predicted octanol–water partition coefficient (Wildman–Crippen LogP) is 0.357. The van der Waals surface area contributed by atoms with Gasteiger partial charge in [-0.2, -0.15) is 15.0 Å². The molecule has 0 bridgehead atoms. The topological polar surface area (TPSA) is 89.2 Å². The van der Waals surface area contributed by atoms with E-state index in [0.717, 1.165) is 0 Å². The molecule has 1 aromatic rings. The minimum Gasteiger partial charge on any atom is -0.377 e. The Morgan fingerprint density at radius 2 is 2.00 bits per heavy atom. The lowest BCUT2D eigenvalue weighted by Crippen LogP contribution is -2.18. The molecular weight excluding hydrogens is 220 g/mol. The molecule has 0 unspecified atom stereocenters. The van der Waals surface area contributed by atoms with E-state index in [1.807, 2.05) is 27.9 Å². The summed E-state index contributed by atoms with van der Waals surface area (Å²) in [5, 5.41) is 3.04. The Labute approximate surface area is 101 Å². The summed E-state index contributed by atoms with van der Waals surface area (Å²) in [6.45, 7) is 5.21. The average Bonchev–Trinajstić information content (AvgIpc) is 2.23.